The van der Waals surface area contributed by atoms with Crippen molar-refractivity contribution in [1.82, 2.24) is 0 Å². The van der Waals surface area contributed by atoms with Gasteiger partial charge < -0.3 is 4.74 Å². The summed E-state index contributed by atoms with van der Waals surface area (Å²) in [7, 11) is 1.70. The first-order valence-electron chi connectivity index (χ1n) is 4.81. The topological polar surface area (TPSA) is 9.23 Å². The van der Waals surface area contributed by atoms with Crippen molar-refractivity contribution in [2.24, 2.45) is 0 Å². The number of ether oxygens (including phenoxy) is 1. The third-order valence-electron chi connectivity index (χ3n) is 2.65. The highest BCUT2D eigenvalue weighted by molar-refractivity contribution is 14.1. The molecule has 1 atom stereocenters. The van der Waals surface area contributed by atoms with E-state index in [1.54, 1.807) is 7.11 Å². The summed E-state index contributed by atoms with van der Waals surface area (Å²) >= 11 is 2.45. The van der Waals surface area contributed by atoms with Crippen LogP contribution in [0.1, 0.15) is 24.3 Å². The van der Waals surface area contributed by atoms with Gasteiger partial charge in [0.2, 0.25) is 0 Å². The molecule has 0 fully saturated rings. The third kappa shape index (κ3) is 1.95. The first kappa shape index (κ1) is 10.0. The van der Waals surface area contributed by atoms with Crippen molar-refractivity contribution in [2.45, 2.75) is 18.8 Å². The summed E-state index contributed by atoms with van der Waals surface area (Å²) in [6, 6.07) is 8.41. The zero-order valence-corrected chi connectivity index (χ0v) is 10.3. The van der Waals surface area contributed by atoms with Crippen LogP contribution in [0.5, 0.6) is 5.75 Å². The van der Waals surface area contributed by atoms with Gasteiger partial charge in [-0.3, -0.25) is 0 Å². The lowest BCUT2D eigenvalue weighted by molar-refractivity contribution is 0.414. The van der Waals surface area contributed by atoms with E-state index in [-0.39, 0.29) is 0 Å². The predicted octanol–water partition coefficient (Wildman–Crippen LogP) is 3.89. The highest BCUT2D eigenvalue weighted by atomic mass is 127. The van der Waals surface area contributed by atoms with E-state index in [2.05, 4.69) is 40.8 Å². The third-order valence-corrected chi connectivity index (χ3v) is 3.84. The van der Waals surface area contributed by atoms with Crippen LogP contribution in [0.25, 0.3) is 0 Å². The molecule has 1 aliphatic rings. The fourth-order valence-corrected chi connectivity index (χ4v) is 2.81. The largest absolute Gasteiger partial charge is 0.497 e. The van der Waals surface area contributed by atoms with Crippen LogP contribution in [0.15, 0.2) is 33.9 Å². The van der Waals surface area contributed by atoms with Gasteiger partial charge in [-0.1, -0.05) is 18.2 Å². The predicted molar refractivity (Wildman–Crippen MR) is 67.1 cm³/mol. The molecule has 1 aliphatic carbocycles. The molecule has 1 nitrogen and oxygen atoms in total. The smallest absolute Gasteiger partial charge is 0.118 e. The van der Waals surface area contributed by atoms with Crippen LogP contribution in [-0.2, 0) is 0 Å². The average Bonchev–Trinajstić information content (AvgIpc) is 2.65. The highest BCUT2D eigenvalue weighted by Gasteiger charge is 2.18. The number of halogens is 1. The Morgan fingerprint density at radius 2 is 2.00 bits per heavy atom. The summed E-state index contributed by atoms with van der Waals surface area (Å²) in [5.41, 5.74) is 1.41. The molecule has 1 aromatic rings. The maximum Gasteiger partial charge on any atom is 0.118 e. The summed E-state index contributed by atoms with van der Waals surface area (Å²) in [5.74, 6) is 1.56. The SMILES string of the molecule is COc1ccc([C@H]2CCC=C2I)cc1. The summed E-state index contributed by atoms with van der Waals surface area (Å²) in [4.78, 5) is 0. The minimum Gasteiger partial charge on any atom is -0.497 e. The lowest BCUT2D eigenvalue weighted by Crippen LogP contribution is -1.93. The second kappa shape index (κ2) is 4.34. The van der Waals surface area contributed by atoms with Gasteiger partial charge in [0.15, 0.2) is 0 Å². The molecule has 0 unspecified atom stereocenters. The van der Waals surface area contributed by atoms with E-state index >= 15 is 0 Å². The van der Waals surface area contributed by atoms with Crippen LogP contribution in [0, 0.1) is 0 Å². The highest BCUT2D eigenvalue weighted by Crippen LogP contribution is 2.39. The molecule has 0 aromatic heterocycles. The zero-order valence-electron chi connectivity index (χ0n) is 8.16. The monoisotopic (exact) mass is 300 g/mol. The van der Waals surface area contributed by atoms with Gasteiger partial charge in [-0.25, -0.2) is 0 Å². The van der Waals surface area contributed by atoms with Crippen molar-refractivity contribution >= 4 is 22.6 Å². The van der Waals surface area contributed by atoms with Crippen molar-refractivity contribution < 1.29 is 4.74 Å². The lowest BCUT2D eigenvalue weighted by Gasteiger charge is -2.11. The molecular formula is C12H13IO. The summed E-state index contributed by atoms with van der Waals surface area (Å²) < 4.78 is 6.62. The van der Waals surface area contributed by atoms with E-state index in [4.69, 9.17) is 4.74 Å². The number of rotatable bonds is 2. The molecule has 0 spiro atoms. The van der Waals surface area contributed by atoms with E-state index in [1.165, 1.54) is 22.0 Å². The van der Waals surface area contributed by atoms with Crippen molar-refractivity contribution in [3.05, 3.63) is 39.5 Å². The Hall–Kier alpha value is -0.510. The minimum atomic E-state index is 0.626. The molecule has 74 valence electrons. The first-order valence-corrected chi connectivity index (χ1v) is 5.88. The number of methoxy groups -OCH3 is 1. The number of benzene rings is 1. The van der Waals surface area contributed by atoms with E-state index in [1.807, 2.05) is 12.1 Å². The molecule has 0 saturated carbocycles. The Bertz CT molecular complexity index is 340. The summed E-state index contributed by atoms with van der Waals surface area (Å²) in [6.45, 7) is 0. The lowest BCUT2D eigenvalue weighted by atomic mass is 9.99. The minimum absolute atomic E-state index is 0.626. The Morgan fingerprint density at radius 1 is 1.29 bits per heavy atom. The van der Waals surface area contributed by atoms with Gasteiger partial charge in [0.25, 0.3) is 0 Å². The summed E-state index contributed by atoms with van der Waals surface area (Å²) in [6.07, 6.45) is 4.80. The van der Waals surface area contributed by atoms with Crippen LogP contribution in [0.2, 0.25) is 0 Å². The Labute approximate surface area is 98.3 Å². The fourth-order valence-electron chi connectivity index (χ4n) is 1.83. The molecule has 2 heteroatoms. The fraction of sp³-hybridized carbons (Fsp3) is 0.333. The summed E-state index contributed by atoms with van der Waals surface area (Å²) in [5, 5.41) is 0. The maximum atomic E-state index is 5.14. The zero-order chi connectivity index (χ0) is 9.97. The van der Waals surface area contributed by atoms with Crippen LogP contribution < -0.4 is 4.74 Å². The van der Waals surface area contributed by atoms with Gasteiger partial charge >= 0.3 is 0 Å². The molecule has 0 saturated heterocycles. The number of hydrogen-bond donors (Lipinski definition) is 0. The quantitative estimate of drug-likeness (QED) is 0.753. The second-order valence-corrected chi connectivity index (χ2v) is 4.74. The molecular weight excluding hydrogens is 287 g/mol. The van der Waals surface area contributed by atoms with Crippen molar-refractivity contribution in [1.29, 1.82) is 0 Å². The van der Waals surface area contributed by atoms with Crippen LogP contribution >= 0.6 is 22.6 Å². The van der Waals surface area contributed by atoms with Crippen molar-refractivity contribution in [2.75, 3.05) is 7.11 Å². The van der Waals surface area contributed by atoms with E-state index in [0.717, 1.165) is 5.75 Å². The van der Waals surface area contributed by atoms with Gasteiger partial charge in [0.05, 0.1) is 7.11 Å². The molecule has 0 aliphatic heterocycles. The Balaban J connectivity index is 2.21. The Kier molecular flexibility index (Phi) is 3.11. The molecule has 0 amide bonds. The van der Waals surface area contributed by atoms with Crippen molar-refractivity contribution in [3.8, 4) is 5.75 Å². The molecule has 0 heterocycles. The standard InChI is InChI=1S/C12H13IO/c1-14-10-7-5-9(6-8-10)11-3-2-4-12(11)13/h4-8,11H,2-3H2,1H3/t11-/m1/s1. The normalized spacial score (nSPS) is 20.7. The molecule has 14 heavy (non-hydrogen) atoms. The van der Waals surface area contributed by atoms with Crippen LogP contribution in [0.4, 0.5) is 0 Å². The second-order valence-electron chi connectivity index (χ2n) is 3.49. The molecule has 0 N–H and O–H groups in total. The van der Waals surface area contributed by atoms with E-state index in [0.29, 0.717) is 5.92 Å². The first-order chi connectivity index (χ1) is 6.81. The number of hydrogen-bond acceptors (Lipinski definition) is 1. The van der Waals surface area contributed by atoms with Gasteiger partial charge in [-0.05, 0) is 56.7 Å². The van der Waals surface area contributed by atoms with E-state index in [9.17, 15) is 0 Å². The average molecular weight is 300 g/mol. The van der Waals surface area contributed by atoms with Gasteiger partial charge in [0.1, 0.15) is 5.75 Å². The maximum absolute atomic E-state index is 5.14. The van der Waals surface area contributed by atoms with E-state index < -0.39 is 0 Å². The Morgan fingerprint density at radius 3 is 2.50 bits per heavy atom. The van der Waals surface area contributed by atoms with Crippen molar-refractivity contribution in [3.63, 3.8) is 0 Å². The molecule has 2 rings (SSSR count). The van der Waals surface area contributed by atoms with Crippen LogP contribution in [0.3, 0.4) is 0 Å². The molecule has 1 aromatic carbocycles. The molecule has 0 bridgehead atoms. The van der Waals surface area contributed by atoms with Crippen LogP contribution in [-0.4, -0.2) is 7.11 Å². The van der Waals surface area contributed by atoms with Gasteiger partial charge in [-0.2, -0.15) is 0 Å². The number of allylic oxidation sites excluding steroid dienone is 2. The van der Waals surface area contributed by atoms with Gasteiger partial charge in [-0.15, -0.1) is 0 Å². The molecule has 0 radical (unpaired) electrons. The van der Waals surface area contributed by atoms with Gasteiger partial charge in [0, 0.05) is 5.92 Å².